The Balaban J connectivity index is 1.57. The Morgan fingerprint density at radius 2 is 1.96 bits per heavy atom. The van der Waals surface area contributed by atoms with E-state index in [1.807, 2.05) is 30.3 Å². The fourth-order valence-electron chi connectivity index (χ4n) is 2.92. The van der Waals surface area contributed by atoms with Crippen molar-refractivity contribution >= 4 is 56.8 Å². The number of pyridine rings is 1. The van der Waals surface area contributed by atoms with E-state index in [-0.39, 0.29) is 16.4 Å². The van der Waals surface area contributed by atoms with E-state index >= 15 is 0 Å². The molecule has 0 aliphatic rings. The molecule has 2 aromatic carbocycles. The lowest BCUT2D eigenvalue weighted by atomic mass is 10.1. The van der Waals surface area contributed by atoms with Crippen LogP contribution in [0.25, 0.3) is 27.9 Å². The van der Waals surface area contributed by atoms with Gasteiger partial charge in [0.05, 0.1) is 33.0 Å². The van der Waals surface area contributed by atoms with Crippen LogP contribution in [0, 0.1) is 10.1 Å². The Hall–Kier alpha value is -3.71. The number of carbonyl (C=O) groups is 1. The first-order valence-electron chi connectivity index (χ1n) is 8.31. The highest BCUT2D eigenvalue weighted by atomic mass is 35.5. The number of nitro groups is 1. The van der Waals surface area contributed by atoms with Crippen LogP contribution in [-0.2, 0) is 4.79 Å². The number of hydrogen-bond acceptors (Lipinski definition) is 4. The molecule has 0 saturated heterocycles. The first-order valence-corrected chi connectivity index (χ1v) is 8.68. The van der Waals surface area contributed by atoms with Gasteiger partial charge in [-0.25, -0.2) is 0 Å². The van der Waals surface area contributed by atoms with E-state index < -0.39 is 10.8 Å². The van der Waals surface area contributed by atoms with Crippen LogP contribution in [-0.4, -0.2) is 20.8 Å². The highest BCUT2D eigenvalue weighted by Crippen LogP contribution is 2.27. The van der Waals surface area contributed by atoms with Crippen LogP contribution in [0.3, 0.4) is 0 Å². The summed E-state index contributed by atoms with van der Waals surface area (Å²) in [6.45, 7) is 0. The number of nitrogens with zero attached hydrogens (tertiary/aromatic N) is 2. The number of fused-ring (bicyclic) bond motifs is 3. The largest absolute Gasteiger partial charge is 0.353 e. The van der Waals surface area contributed by atoms with Crippen molar-refractivity contribution in [2.75, 3.05) is 5.32 Å². The maximum atomic E-state index is 12.2. The molecule has 0 aliphatic heterocycles. The minimum Gasteiger partial charge on any atom is -0.353 e. The summed E-state index contributed by atoms with van der Waals surface area (Å²) in [6, 6.07) is 13.7. The Kier molecular flexibility index (Phi) is 4.50. The maximum absolute atomic E-state index is 12.2. The summed E-state index contributed by atoms with van der Waals surface area (Å²) >= 11 is 5.99. The van der Waals surface area contributed by atoms with E-state index in [1.54, 1.807) is 12.3 Å². The van der Waals surface area contributed by atoms with E-state index in [0.29, 0.717) is 5.69 Å². The zero-order chi connectivity index (χ0) is 19.7. The highest BCUT2D eigenvalue weighted by molar-refractivity contribution is 6.34. The summed E-state index contributed by atoms with van der Waals surface area (Å²) in [6.07, 6.45) is 4.59. The number of H-pyrrole nitrogens is 1. The Labute approximate surface area is 163 Å². The number of para-hydroxylation sites is 1. The average molecular weight is 393 g/mol. The molecule has 28 heavy (non-hydrogen) atoms. The van der Waals surface area contributed by atoms with E-state index in [2.05, 4.69) is 15.3 Å². The fourth-order valence-corrected chi connectivity index (χ4v) is 3.08. The minimum atomic E-state index is -0.553. The molecule has 1 amide bonds. The molecule has 2 heterocycles. The van der Waals surface area contributed by atoms with Gasteiger partial charge >= 0.3 is 0 Å². The van der Waals surface area contributed by atoms with Gasteiger partial charge in [-0.15, -0.1) is 0 Å². The van der Waals surface area contributed by atoms with Gasteiger partial charge in [0.25, 0.3) is 5.69 Å². The van der Waals surface area contributed by atoms with Crippen molar-refractivity contribution in [3.63, 3.8) is 0 Å². The van der Waals surface area contributed by atoms with Crippen LogP contribution >= 0.6 is 11.6 Å². The van der Waals surface area contributed by atoms with Gasteiger partial charge < -0.3 is 10.3 Å². The highest BCUT2D eigenvalue weighted by Gasteiger charge is 2.11. The molecular weight excluding hydrogens is 380 g/mol. The van der Waals surface area contributed by atoms with Gasteiger partial charge in [0.15, 0.2) is 0 Å². The van der Waals surface area contributed by atoms with E-state index in [1.165, 1.54) is 24.3 Å². The van der Waals surface area contributed by atoms with Gasteiger partial charge in [-0.1, -0.05) is 29.8 Å². The fraction of sp³-hybridized carbons (Fsp3) is 0. The number of anilines is 1. The number of non-ortho nitro benzene ring substituents is 1. The van der Waals surface area contributed by atoms with Crippen LogP contribution in [0.4, 0.5) is 11.4 Å². The molecule has 4 rings (SSSR count). The van der Waals surface area contributed by atoms with Gasteiger partial charge in [0, 0.05) is 34.5 Å². The number of benzene rings is 2. The third-order valence-corrected chi connectivity index (χ3v) is 4.57. The number of carbonyl (C=O) groups excluding carboxylic acids is 1. The second-order valence-electron chi connectivity index (χ2n) is 6.07. The molecule has 8 heteroatoms. The number of nitro benzene ring substituents is 1. The molecule has 138 valence electrons. The molecule has 2 aromatic heterocycles. The molecule has 0 radical (unpaired) electrons. The topological polar surface area (TPSA) is 101 Å². The molecule has 2 N–H and O–H groups in total. The number of rotatable bonds is 4. The molecule has 0 fully saturated rings. The van der Waals surface area contributed by atoms with Crippen LogP contribution in [0.15, 0.2) is 60.8 Å². The van der Waals surface area contributed by atoms with Crippen molar-refractivity contribution in [1.29, 1.82) is 0 Å². The number of aromatic nitrogens is 2. The summed E-state index contributed by atoms with van der Waals surface area (Å²) in [5, 5.41) is 15.7. The van der Waals surface area contributed by atoms with Crippen molar-refractivity contribution < 1.29 is 9.72 Å². The molecule has 0 aliphatic carbocycles. The third-order valence-electron chi connectivity index (χ3n) is 4.24. The normalized spacial score (nSPS) is 11.3. The van der Waals surface area contributed by atoms with Crippen LogP contribution < -0.4 is 5.32 Å². The molecule has 7 nitrogen and oxygen atoms in total. The molecule has 4 aromatic rings. The zero-order valence-corrected chi connectivity index (χ0v) is 15.1. The van der Waals surface area contributed by atoms with Crippen molar-refractivity contribution in [1.82, 2.24) is 9.97 Å². The monoisotopic (exact) mass is 392 g/mol. The summed E-state index contributed by atoms with van der Waals surface area (Å²) in [5.41, 5.74) is 2.54. The van der Waals surface area contributed by atoms with E-state index in [4.69, 9.17) is 11.6 Å². The lowest BCUT2D eigenvalue weighted by molar-refractivity contribution is -0.384. The third kappa shape index (κ3) is 3.43. The quantitative estimate of drug-likeness (QED) is 0.292. The lowest BCUT2D eigenvalue weighted by Gasteiger charge is -2.04. The Bertz CT molecular complexity index is 1260. The lowest BCUT2D eigenvalue weighted by Crippen LogP contribution is -2.08. The number of aromatic amines is 1. The van der Waals surface area contributed by atoms with E-state index in [0.717, 1.165) is 21.8 Å². The summed E-state index contributed by atoms with van der Waals surface area (Å²) < 4.78 is 0. The van der Waals surface area contributed by atoms with Gasteiger partial charge in [0.1, 0.15) is 0 Å². The molecule has 0 unspecified atom stereocenters. The van der Waals surface area contributed by atoms with Gasteiger partial charge in [-0.2, -0.15) is 0 Å². The summed E-state index contributed by atoms with van der Waals surface area (Å²) in [4.78, 5) is 30.1. The van der Waals surface area contributed by atoms with Crippen molar-refractivity contribution in [2.24, 2.45) is 0 Å². The SMILES string of the molecule is O=C(/C=C/c1cc2c(cn1)[nH]c1ccccc12)Nc1cc([N+](=O)[O-])ccc1Cl. The second kappa shape index (κ2) is 7.13. The first-order chi connectivity index (χ1) is 13.5. The first kappa shape index (κ1) is 17.7. The Morgan fingerprint density at radius 1 is 1.14 bits per heavy atom. The summed E-state index contributed by atoms with van der Waals surface area (Å²) in [7, 11) is 0. The van der Waals surface area contributed by atoms with Gasteiger partial charge in [-0.3, -0.25) is 19.9 Å². The van der Waals surface area contributed by atoms with Gasteiger partial charge in [0.2, 0.25) is 5.91 Å². The summed E-state index contributed by atoms with van der Waals surface area (Å²) in [5.74, 6) is -0.469. The predicted octanol–water partition coefficient (Wildman–Crippen LogP) is 4.93. The maximum Gasteiger partial charge on any atom is 0.271 e. The van der Waals surface area contributed by atoms with Crippen LogP contribution in [0.1, 0.15) is 5.69 Å². The van der Waals surface area contributed by atoms with Crippen LogP contribution in [0.5, 0.6) is 0 Å². The molecule has 0 spiro atoms. The van der Waals surface area contributed by atoms with Gasteiger partial charge in [-0.05, 0) is 24.3 Å². The smallest absolute Gasteiger partial charge is 0.271 e. The molecule has 0 atom stereocenters. The zero-order valence-electron chi connectivity index (χ0n) is 14.3. The van der Waals surface area contributed by atoms with Crippen molar-refractivity contribution in [3.05, 3.63) is 81.6 Å². The van der Waals surface area contributed by atoms with Crippen molar-refractivity contribution in [3.8, 4) is 0 Å². The number of amides is 1. The van der Waals surface area contributed by atoms with E-state index in [9.17, 15) is 14.9 Å². The average Bonchev–Trinajstić information content (AvgIpc) is 3.06. The van der Waals surface area contributed by atoms with Crippen molar-refractivity contribution in [2.45, 2.75) is 0 Å². The number of hydrogen-bond donors (Lipinski definition) is 2. The number of halogens is 1. The minimum absolute atomic E-state index is 0.157. The molecule has 0 bridgehead atoms. The van der Waals surface area contributed by atoms with Crippen LogP contribution in [0.2, 0.25) is 5.02 Å². The molecule has 0 saturated carbocycles. The molecular formula is C20H13ClN4O3. The standard InChI is InChI=1S/C20H13ClN4O3/c21-16-7-6-13(25(27)28)10-18(16)24-20(26)8-5-12-9-15-14-3-1-2-4-17(14)23-19(15)11-22-12/h1-11,23H,(H,24,26)/b8-5+. The number of nitrogens with one attached hydrogen (secondary N) is 2. The second-order valence-corrected chi connectivity index (χ2v) is 6.48. The Morgan fingerprint density at radius 3 is 2.79 bits per heavy atom. The predicted molar refractivity (Wildman–Crippen MR) is 109 cm³/mol.